The summed E-state index contributed by atoms with van der Waals surface area (Å²) in [5, 5.41) is 0.545. The molecule has 0 bridgehead atoms. The molecule has 4 heteroatoms. The van der Waals surface area contributed by atoms with E-state index >= 15 is 0 Å². The van der Waals surface area contributed by atoms with Crippen LogP contribution in [-0.4, -0.2) is 13.1 Å². The fraction of sp³-hybridized carbons (Fsp3) is 0.300. The van der Waals surface area contributed by atoms with Crippen molar-refractivity contribution in [1.82, 2.24) is 0 Å². The van der Waals surface area contributed by atoms with Gasteiger partial charge >= 0.3 is 5.97 Å². The van der Waals surface area contributed by atoms with E-state index in [-0.39, 0.29) is 0 Å². The second-order valence-electron chi connectivity index (χ2n) is 3.20. The number of nitrogens with two attached hydrogens (primary N) is 1. The zero-order chi connectivity index (χ0) is 10.8. The minimum absolute atomic E-state index is 0.486. The van der Waals surface area contributed by atoms with Crippen LogP contribution in [0.4, 0.5) is 0 Å². The third kappa shape index (κ3) is 2.05. The number of esters is 1. The molecule has 0 aromatic heterocycles. The van der Waals surface area contributed by atoms with Crippen molar-refractivity contribution in [3.05, 3.63) is 34.9 Å². The Morgan fingerprint density at radius 3 is 2.71 bits per heavy atom. The van der Waals surface area contributed by atoms with E-state index in [1.807, 2.05) is 0 Å². The molecule has 1 unspecified atom stereocenters. The van der Waals surface area contributed by atoms with Gasteiger partial charge in [-0.3, -0.25) is 0 Å². The van der Waals surface area contributed by atoms with E-state index in [1.54, 1.807) is 31.2 Å². The summed E-state index contributed by atoms with van der Waals surface area (Å²) in [5.74, 6) is -0.486. The van der Waals surface area contributed by atoms with Gasteiger partial charge in [0.25, 0.3) is 0 Å². The van der Waals surface area contributed by atoms with Gasteiger partial charge in [0.2, 0.25) is 0 Å². The van der Waals surface area contributed by atoms with E-state index in [9.17, 15) is 4.79 Å². The first-order chi connectivity index (χ1) is 6.48. The van der Waals surface area contributed by atoms with Gasteiger partial charge in [0, 0.05) is 5.02 Å². The van der Waals surface area contributed by atoms with E-state index < -0.39 is 11.5 Å². The number of hydrogen-bond acceptors (Lipinski definition) is 3. The van der Waals surface area contributed by atoms with Crippen LogP contribution in [0, 0.1) is 0 Å². The zero-order valence-electron chi connectivity index (χ0n) is 8.08. The second-order valence-corrected chi connectivity index (χ2v) is 3.64. The second kappa shape index (κ2) is 3.98. The fourth-order valence-corrected chi connectivity index (χ4v) is 1.33. The molecule has 1 aromatic rings. The molecule has 2 N–H and O–H groups in total. The summed E-state index contributed by atoms with van der Waals surface area (Å²) in [7, 11) is 1.30. The summed E-state index contributed by atoms with van der Waals surface area (Å²) in [6.45, 7) is 1.59. The molecule has 76 valence electrons. The van der Waals surface area contributed by atoms with Crippen molar-refractivity contribution in [1.29, 1.82) is 0 Å². The smallest absolute Gasteiger partial charge is 0.330 e. The number of rotatable bonds is 2. The monoisotopic (exact) mass is 213 g/mol. The number of methoxy groups -OCH3 is 1. The molecule has 1 aromatic carbocycles. The molecular formula is C10H12ClNO2. The number of hydrogen-bond donors (Lipinski definition) is 1. The summed E-state index contributed by atoms with van der Waals surface area (Å²) in [4.78, 5) is 11.4. The Morgan fingerprint density at radius 1 is 1.57 bits per heavy atom. The maximum absolute atomic E-state index is 11.4. The van der Waals surface area contributed by atoms with Crippen LogP contribution >= 0.6 is 11.6 Å². The summed E-state index contributed by atoms with van der Waals surface area (Å²) in [6, 6.07) is 6.85. The van der Waals surface area contributed by atoms with Crippen molar-refractivity contribution < 1.29 is 9.53 Å². The molecular weight excluding hydrogens is 202 g/mol. The first kappa shape index (κ1) is 11.0. The van der Waals surface area contributed by atoms with Crippen molar-refractivity contribution in [2.45, 2.75) is 12.5 Å². The highest BCUT2D eigenvalue weighted by atomic mass is 35.5. The number of carbonyl (C=O) groups excluding carboxylic acids is 1. The van der Waals surface area contributed by atoms with E-state index in [2.05, 4.69) is 4.74 Å². The topological polar surface area (TPSA) is 52.3 Å². The summed E-state index contributed by atoms with van der Waals surface area (Å²) in [6.07, 6.45) is 0. The van der Waals surface area contributed by atoms with Crippen molar-refractivity contribution in [2.24, 2.45) is 5.73 Å². The van der Waals surface area contributed by atoms with E-state index in [1.165, 1.54) is 7.11 Å². The van der Waals surface area contributed by atoms with Gasteiger partial charge in [-0.2, -0.15) is 0 Å². The Morgan fingerprint density at radius 2 is 2.21 bits per heavy atom. The quantitative estimate of drug-likeness (QED) is 0.761. The predicted octanol–water partition coefficient (Wildman–Crippen LogP) is 1.69. The normalized spacial score (nSPS) is 14.6. The number of benzene rings is 1. The largest absolute Gasteiger partial charge is 0.467 e. The van der Waals surface area contributed by atoms with Crippen LogP contribution in [-0.2, 0) is 15.1 Å². The fourth-order valence-electron chi connectivity index (χ4n) is 1.14. The highest BCUT2D eigenvalue weighted by Gasteiger charge is 2.31. The molecule has 0 radical (unpaired) electrons. The minimum Gasteiger partial charge on any atom is -0.467 e. The van der Waals surface area contributed by atoms with Crippen molar-refractivity contribution in [3.8, 4) is 0 Å². The van der Waals surface area contributed by atoms with Crippen LogP contribution in [0.1, 0.15) is 12.5 Å². The Hall–Kier alpha value is -1.06. The SMILES string of the molecule is COC(=O)C(C)(N)c1cccc(Cl)c1. The molecule has 0 saturated heterocycles. The molecule has 0 amide bonds. The Labute approximate surface area is 87.8 Å². The van der Waals surface area contributed by atoms with Gasteiger partial charge in [0.1, 0.15) is 5.54 Å². The molecule has 0 spiro atoms. The maximum atomic E-state index is 11.4. The van der Waals surface area contributed by atoms with Gasteiger partial charge < -0.3 is 10.5 Å². The van der Waals surface area contributed by atoms with Gasteiger partial charge in [-0.15, -0.1) is 0 Å². The van der Waals surface area contributed by atoms with Gasteiger partial charge in [-0.05, 0) is 24.6 Å². The van der Waals surface area contributed by atoms with E-state index in [0.717, 1.165) is 0 Å². The highest BCUT2D eigenvalue weighted by molar-refractivity contribution is 6.30. The molecule has 0 fully saturated rings. The molecule has 1 rings (SSSR count). The lowest BCUT2D eigenvalue weighted by Gasteiger charge is -2.21. The lowest BCUT2D eigenvalue weighted by Crippen LogP contribution is -2.42. The standard InChI is InChI=1S/C10H12ClNO2/c1-10(12,9(13)14-2)7-4-3-5-8(11)6-7/h3-6H,12H2,1-2H3. The summed E-state index contributed by atoms with van der Waals surface area (Å²) in [5.41, 5.74) is 5.31. The van der Waals surface area contributed by atoms with E-state index in [4.69, 9.17) is 17.3 Å². The molecule has 3 nitrogen and oxygen atoms in total. The summed E-state index contributed by atoms with van der Waals surface area (Å²) >= 11 is 5.79. The van der Waals surface area contributed by atoms with Crippen LogP contribution in [0.15, 0.2) is 24.3 Å². The molecule has 0 saturated carbocycles. The molecule has 0 heterocycles. The third-order valence-electron chi connectivity index (χ3n) is 2.03. The number of ether oxygens (including phenoxy) is 1. The van der Waals surface area contributed by atoms with Crippen LogP contribution in [0.25, 0.3) is 0 Å². The molecule has 1 atom stereocenters. The van der Waals surface area contributed by atoms with Crippen LogP contribution < -0.4 is 5.73 Å². The Balaban J connectivity index is 3.09. The van der Waals surface area contributed by atoms with Gasteiger partial charge in [0.15, 0.2) is 0 Å². The third-order valence-corrected chi connectivity index (χ3v) is 2.27. The van der Waals surface area contributed by atoms with Crippen molar-refractivity contribution in [3.63, 3.8) is 0 Å². The Bertz CT molecular complexity index is 350. The number of halogens is 1. The first-order valence-corrected chi connectivity index (χ1v) is 4.49. The molecule has 0 aliphatic carbocycles. The maximum Gasteiger partial charge on any atom is 0.330 e. The predicted molar refractivity (Wildman–Crippen MR) is 55.0 cm³/mol. The highest BCUT2D eigenvalue weighted by Crippen LogP contribution is 2.22. The van der Waals surface area contributed by atoms with E-state index in [0.29, 0.717) is 10.6 Å². The molecule has 14 heavy (non-hydrogen) atoms. The van der Waals surface area contributed by atoms with Gasteiger partial charge in [0.05, 0.1) is 7.11 Å². The first-order valence-electron chi connectivity index (χ1n) is 4.12. The van der Waals surface area contributed by atoms with Crippen molar-refractivity contribution >= 4 is 17.6 Å². The number of carbonyl (C=O) groups is 1. The van der Waals surface area contributed by atoms with Gasteiger partial charge in [-0.25, -0.2) is 4.79 Å². The summed E-state index contributed by atoms with van der Waals surface area (Å²) < 4.78 is 4.60. The molecule has 0 aliphatic rings. The average Bonchev–Trinajstić information content (AvgIpc) is 2.16. The molecule has 0 aliphatic heterocycles. The zero-order valence-corrected chi connectivity index (χ0v) is 8.84. The van der Waals surface area contributed by atoms with Gasteiger partial charge in [-0.1, -0.05) is 23.7 Å². The van der Waals surface area contributed by atoms with Crippen LogP contribution in [0.3, 0.4) is 0 Å². The lowest BCUT2D eigenvalue weighted by molar-refractivity contribution is -0.146. The lowest BCUT2D eigenvalue weighted by atomic mass is 9.93. The minimum atomic E-state index is -1.15. The average molecular weight is 214 g/mol. The Kier molecular flexibility index (Phi) is 3.13. The van der Waals surface area contributed by atoms with Crippen LogP contribution in [0.2, 0.25) is 5.02 Å². The van der Waals surface area contributed by atoms with Crippen LogP contribution in [0.5, 0.6) is 0 Å². The van der Waals surface area contributed by atoms with Crippen molar-refractivity contribution in [2.75, 3.05) is 7.11 Å².